The summed E-state index contributed by atoms with van der Waals surface area (Å²) in [6, 6.07) is 4.08. The van der Waals surface area contributed by atoms with Crippen molar-refractivity contribution in [1.29, 1.82) is 0 Å². The SMILES string of the molecule is CCOCCCC(O)Cc1ccc(Br)s1. The van der Waals surface area contributed by atoms with Crippen molar-refractivity contribution in [3.05, 3.63) is 20.8 Å². The van der Waals surface area contributed by atoms with Gasteiger partial charge < -0.3 is 9.84 Å². The minimum Gasteiger partial charge on any atom is -0.393 e. The molecular weight excluding hydrogens is 276 g/mol. The van der Waals surface area contributed by atoms with Gasteiger partial charge >= 0.3 is 0 Å². The Kier molecular flexibility index (Phi) is 6.48. The quantitative estimate of drug-likeness (QED) is 0.782. The first-order chi connectivity index (χ1) is 7.22. The normalized spacial score (nSPS) is 13.0. The number of thiophene rings is 1. The van der Waals surface area contributed by atoms with Crippen molar-refractivity contribution in [2.45, 2.75) is 32.3 Å². The van der Waals surface area contributed by atoms with Gasteiger partial charge in [0.05, 0.1) is 9.89 Å². The van der Waals surface area contributed by atoms with Gasteiger partial charge in [-0.3, -0.25) is 0 Å². The minimum absolute atomic E-state index is 0.240. The number of ether oxygens (including phenoxy) is 1. The highest BCUT2D eigenvalue weighted by Gasteiger charge is 2.07. The molecule has 86 valence electrons. The van der Waals surface area contributed by atoms with E-state index in [9.17, 15) is 5.11 Å². The molecule has 0 spiro atoms. The Bertz CT molecular complexity index is 275. The van der Waals surface area contributed by atoms with Gasteiger partial charge in [0.2, 0.25) is 0 Å². The Morgan fingerprint density at radius 1 is 1.53 bits per heavy atom. The number of hydrogen-bond acceptors (Lipinski definition) is 3. The first-order valence-electron chi connectivity index (χ1n) is 5.22. The molecule has 0 bridgehead atoms. The molecule has 1 rings (SSSR count). The monoisotopic (exact) mass is 292 g/mol. The van der Waals surface area contributed by atoms with Crippen LogP contribution in [0.25, 0.3) is 0 Å². The van der Waals surface area contributed by atoms with Crippen LogP contribution in [0.2, 0.25) is 0 Å². The number of hydrogen-bond donors (Lipinski definition) is 1. The lowest BCUT2D eigenvalue weighted by Gasteiger charge is -2.08. The Labute approximate surface area is 103 Å². The lowest BCUT2D eigenvalue weighted by Crippen LogP contribution is -2.10. The predicted molar refractivity (Wildman–Crippen MR) is 67.5 cm³/mol. The maximum absolute atomic E-state index is 9.75. The highest BCUT2D eigenvalue weighted by atomic mass is 79.9. The van der Waals surface area contributed by atoms with Crippen LogP contribution in [0.1, 0.15) is 24.6 Å². The highest BCUT2D eigenvalue weighted by Crippen LogP contribution is 2.23. The number of rotatable bonds is 7. The molecule has 1 aromatic rings. The van der Waals surface area contributed by atoms with E-state index in [-0.39, 0.29) is 6.10 Å². The second kappa shape index (κ2) is 7.39. The molecule has 1 unspecified atom stereocenters. The zero-order valence-electron chi connectivity index (χ0n) is 8.91. The fourth-order valence-corrected chi connectivity index (χ4v) is 2.92. The van der Waals surface area contributed by atoms with Crippen molar-refractivity contribution in [3.63, 3.8) is 0 Å². The molecule has 15 heavy (non-hydrogen) atoms. The number of halogens is 1. The summed E-state index contributed by atoms with van der Waals surface area (Å²) in [5, 5.41) is 9.75. The molecule has 0 aliphatic heterocycles. The molecule has 0 aliphatic rings. The lowest BCUT2D eigenvalue weighted by molar-refractivity contribution is 0.114. The van der Waals surface area contributed by atoms with E-state index in [1.807, 2.05) is 13.0 Å². The summed E-state index contributed by atoms with van der Waals surface area (Å²) in [7, 11) is 0. The maximum Gasteiger partial charge on any atom is 0.0701 e. The summed E-state index contributed by atoms with van der Waals surface area (Å²) in [5.74, 6) is 0. The van der Waals surface area contributed by atoms with Crippen LogP contribution in [-0.4, -0.2) is 24.4 Å². The fraction of sp³-hybridized carbons (Fsp3) is 0.636. The molecule has 0 amide bonds. The Hall–Kier alpha value is 0.1000. The molecule has 0 fully saturated rings. The highest BCUT2D eigenvalue weighted by molar-refractivity contribution is 9.11. The summed E-state index contributed by atoms with van der Waals surface area (Å²) in [5.41, 5.74) is 0. The standard InChI is InChI=1S/C11H17BrO2S/c1-2-14-7-3-4-9(13)8-10-5-6-11(12)15-10/h5-6,9,13H,2-4,7-8H2,1H3. The molecule has 0 saturated carbocycles. The third-order valence-electron chi connectivity index (χ3n) is 2.10. The predicted octanol–water partition coefficient (Wildman–Crippen LogP) is 3.23. The van der Waals surface area contributed by atoms with E-state index in [1.54, 1.807) is 11.3 Å². The molecule has 0 aromatic carbocycles. The lowest BCUT2D eigenvalue weighted by atomic mass is 10.1. The van der Waals surface area contributed by atoms with Crippen LogP contribution in [0.4, 0.5) is 0 Å². The Morgan fingerprint density at radius 2 is 2.33 bits per heavy atom. The summed E-state index contributed by atoms with van der Waals surface area (Å²) in [6.45, 7) is 3.50. The molecular formula is C11H17BrO2S. The van der Waals surface area contributed by atoms with Crippen LogP contribution in [0, 0.1) is 0 Å². The van der Waals surface area contributed by atoms with Crippen molar-refractivity contribution in [1.82, 2.24) is 0 Å². The third kappa shape index (κ3) is 5.66. The fourth-order valence-electron chi connectivity index (χ4n) is 1.36. The van der Waals surface area contributed by atoms with E-state index >= 15 is 0 Å². The van der Waals surface area contributed by atoms with Crippen molar-refractivity contribution in [2.24, 2.45) is 0 Å². The van der Waals surface area contributed by atoms with Gasteiger partial charge in [0.15, 0.2) is 0 Å². The molecule has 1 heterocycles. The van der Waals surface area contributed by atoms with Crippen LogP contribution in [0.5, 0.6) is 0 Å². The van der Waals surface area contributed by atoms with Crippen LogP contribution in [0.15, 0.2) is 15.9 Å². The van der Waals surface area contributed by atoms with Crippen LogP contribution >= 0.6 is 27.3 Å². The van der Waals surface area contributed by atoms with Gasteiger partial charge in [-0.25, -0.2) is 0 Å². The molecule has 0 aliphatic carbocycles. The molecule has 0 radical (unpaired) electrons. The van der Waals surface area contributed by atoms with Crippen molar-refractivity contribution in [2.75, 3.05) is 13.2 Å². The van der Waals surface area contributed by atoms with E-state index in [1.165, 1.54) is 4.88 Å². The molecule has 1 aromatic heterocycles. The molecule has 4 heteroatoms. The Morgan fingerprint density at radius 3 is 2.93 bits per heavy atom. The van der Waals surface area contributed by atoms with Crippen LogP contribution in [0.3, 0.4) is 0 Å². The van der Waals surface area contributed by atoms with Crippen molar-refractivity contribution >= 4 is 27.3 Å². The second-order valence-corrected chi connectivity index (χ2v) is 5.95. The van der Waals surface area contributed by atoms with Crippen LogP contribution < -0.4 is 0 Å². The smallest absolute Gasteiger partial charge is 0.0701 e. The molecule has 1 atom stereocenters. The molecule has 1 N–H and O–H groups in total. The van der Waals surface area contributed by atoms with Gasteiger partial charge in [-0.2, -0.15) is 0 Å². The number of aliphatic hydroxyl groups is 1. The third-order valence-corrected chi connectivity index (χ3v) is 3.74. The van der Waals surface area contributed by atoms with Gasteiger partial charge in [0.25, 0.3) is 0 Å². The van der Waals surface area contributed by atoms with Crippen LogP contribution in [-0.2, 0) is 11.2 Å². The summed E-state index contributed by atoms with van der Waals surface area (Å²) >= 11 is 5.10. The Balaban J connectivity index is 2.15. The van der Waals surface area contributed by atoms with Crippen molar-refractivity contribution in [3.8, 4) is 0 Å². The van der Waals surface area contributed by atoms with Gasteiger partial charge in [0, 0.05) is 24.5 Å². The van der Waals surface area contributed by atoms with E-state index in [0.29, 0.717) is 0 Å². The van der Waals surface area contributed by atoms with Crippen molar-refractivity contribution < 1.29 is 9.84 Å². The summed E-state index contributed by atoms with van der Waals surface area (Å²) < 4.78 is 6.35. The van der Waals surface area contributed by atoms with Gasteiger partial charge in [-0.05, 0) is 47.8 Å². The second-order valence-electron chi connectivity index (χ2n) is 3.40. The number of aliphatic hydroxyl groups excluding tert-OH is 1. The first-order valence-corrected chi connectivity index (χ1v) is 6.83. The topological polar surface area (TPSA) is 29.5 Å². The zero-order valence-corrected chi connectivity index (χ0v) is 11.3. The average Bonchev–Trinajstić information content (AvgIpc) is 2.59. The van der Waals surface area contributed by atoms with Gasteiger partial charge in [-0.1, -0.05) is 0 Å². The molecule has 0 saturated heterocycles. The molecule has 2 nitrogen and oxygen atoms in total. The summed E-state index contributed by atoms with van der Waals surface area (Å²) in [6.07, 6.45) is 2.26. The van der Waals surface area contributed by atoms with E-state index in [0.717, 1.165) is 36.3 Å². The van der Waals surface area contributed by atoms with E-state index in [2.05, 4.69) is 22.0 Å². The van der Waals surface area contributed by atoms with Gasteiger partial charge in [-0.15, -0.1) is 11.3 Å². The minimum atomic E-state index is -0.240. The summed E-state index contributed by atoms with van der Waals surface area (Å²) in [4.78, 5) is 1.23. The first kappa shape index (κ1) is 13.2. The average molecular weight is 293 g/mol. The van der Waals surface area contributed by atoms with E-state index in [4.69, 9.17) is 4.74 Å². The zero-order chi connectivity index (χ0) is 11.1. The van der Waals surface area contributed by atoms with Gasteiger partial charge in [0.1, 0.15) is 0 Å². The maximum atomic E-state index is 9.75. The van der Waals surface area contributed by atoms with E-state index < -0.39 is 0 Å². The largest absolute Gasteiger partial charge is 0.393 e.